The number of ether oxygens (including phenoxy) is 8. The average Bonchev–Trinajstić information content (AvgIpc) is 1.53. The molecule has 4 aliphatic rings. The SMILES string of the molecule is C/C(=C\C(=O)N[C@H]1CCc2cccc3c2N(C1=O)[C@H](C(=O)N[C@@H](CCC(N)=O)[C@@H](C)OCc1ccc(CCCOCCOCCOCCOCCOc2cc(-c4scnc4C)ccc2CNC(=O)[C@@H]2C[C@@H](O)CN2C(=O)[C@@H](NC(=O)C2(F)CC2)C(C)(C)C)cc1)C3)c1ccc(C(F)(F)P(=O)(OCOC(=O)C(C)(C)C)OCOC(=O)C(C)(C)C)cc1. The zero-order valence-corrected chi connectivity index (χ0v) is 72.0. The van der Waals surface area contributed by atoms with Crippen LogP contribution in [0, 0.1) is 23.2 Å². The Morgan fingerprint density at radius 2 is 1.37 bits per heavy atom. The minimum absolute atomic E-state index is 0.0137. The summed E-state index contributed by atoms with van der Waals surface area (Å²) in [5.74, 6) is -5.44. The fourth-order valence-electron chi connectivity index (χ4n) is 13.6. The van der Waals surface area contributed by atoms with Crippen LogP contribution in [0.25, 0.3) is 16.0 Å². The number of aliphatic hydroxyl groups is 1. The van der Waals surface area contributed by atoms with E-state index in [1.54, 1.807) is 40.1 Å². The number of carbonyl (C=O) groups excluding carboxylic acids is 9. The molecule has 0 spiro atoms. The van der Waals surface area contributed by atoms with Gasteiger partial charge in [-0.25, -0.2) is 9.37 Å². The molecule has 0 unspecified atom stereocenters. The maximum atomic E-state index is 16.3. The van der Waals surface area contributed by atoms with Crippen molar-refractivity contribution < 1.29 is 113 Å². The van der Waals surface area contributed by atoms with Crippen molar-refractivity contribution in [2.45, 2.75) is 214 Å². The van der Waals surface area contributed by atoms with E-state index in [0.29, 0.717) is 69.7 Å². The standard InChI is InChI=1S/C86H114F3N8O21PS/c1-53(58-24-27-63(28-25-58)86(88,89)119(108,117-51-115-80(106)83(7,8)9)118-52-116-81(107)84(10,11)12)43-71(100)93-66-29-26-59-16-13-17-60-44-68(97(72(59)60)77(66)103)76(102)94-65(30-31-70(90)99)55(3)114-49-57-20-18-56(19-21-57)15-14-34-109-35-36-110-37-38-111-39-40-112-41-42-113-69-45-61(73-54(2)92-50-120-73)22-23-62(69)47-91-75(101)67-46-64(98)48-96(67)78(104)74(82(4,5)6)95-79(105)85(87)32-33-85/h13,16-25,27-28,43,45,50,55,64-68,74,98H,14-15,26,29-42,44,46-49,51-52H2,1-12H3,(H2,90,99)(H,91,101)(H,93,100)(H,94,102)(H,95,105)/b53-43+/t55-,64-,65+,66+,67+,68+,74-/m1/s1. The van der Waals surface area contributed by atoms with Gasteiger partial charge >= 0.3 is 25.2 Å². The van der Waals surface area contributed by atoms with Crippen LogP contribution >= 0.6 is 18.9 Å². The van der Waals surface area contributed by atoms with Crippen molar-refractivity contribution in [3.8, 4) is 16.2 Å². The van der Waals surface area contributed by atoms with E-state index in [2.05, 4.69) is 26.3 Å². The van der Waals surface area contributed by atoms with Crippen molar-refractivity contribution in [1.29, 1.82) is 0 Å². The van der Waals surface area contributed by atoms with Gasteiger partial charge in [-0.15, -0.1) is 11.3 Å². The number of β-amino-alcohol motifs (C(OH)–C–C–N with tert-alkyl or cyclic N) is 1. The number of amides is 7. The summed E-state index contributed by atoms with van der Waals surface area (Å²) in [5, 5.41) is 22.0. The Morgan fingerprint density at radius 3 is 1.95 bits per heavy atom. The number of hydrogen-bond donors (Lipinski definition) is 6. The van der Waals surface area contributed by atoms with E-state index < -0.39 is 150 Å². The summed E-state index contributed by atoms with van der Waals surface area (Å²) in [6.07, 6.45) is 2.00. The fraction of sp³-hybridized carbons (Fsp3) is 0.558. The predicted octanol–water partition coefficient (Wildman–Crippen LogP) is 10.3. The van der Waals surface area contributed by atoms with Gasteiger partial charge in [0.25, 0.3) is 5.91 Å². The Bertz CT molecular complexity index is 4450. The third-order valence-electron chi connectivity index (χ3n) is 20.8. The van der Waals surface area contributed by atoms with Crippen molar-refractivity contribution >= 4 is 83.5 Å². The van der Waals surface area contributed by atoms with E-state index in [4.69, 9.17) is 52.7 Å². The van der Waals surface area contributed by atoms with Gasteiger partial charge in [0, 0.05) is 56.2 Å². The number of esters is 2. The van der Waals surface area contributed by atoms with Crippen LogP contribution in [0.2, 0.25) is 0 Å². The lowest BCUT2D eigenvalue weighted by Gasteiger charge is -2.35. The first-order valence-corrected chi connectivity index (χ1v) is 42.8. The maximum absolute atomic E-state index is 16.3. The molecule has 4 aromatic carbocycles. The Hall–Kier alpha value is -9.02. The van der Waals surface area contributed by atoms with Crippen molar-refractivity contribution in [2.75, 3.05) is 84.5 Å². The minimum atomic E-state index is -5.62. The largest absolute Gasteiger partial charge is 0.491 e. The number of halogens is 3. The van der Waals surface area contributed by atoms with Crippen LogP contribution in [0.5, 0.6) is 5.75 Å². The molecule has 29 nitrogen and oxygen atoms in total. The number of alkyl halides is 3. The Kier molecular flexibility index (Phi) is 33.3. The van der Waals surface area contributed by atoms with E-state index in [1.807, 2.05) is 67.6 Å². The Morgan fingerprint density at radius 1 is 0.767 bits per heavy atom. The number of nitrogens with zero attached hydrogens (tertiary/aromatic N) is 3. The number of nitrogens with two attached hydrogens (primary N) is 1. The monoisotopic (exact) mass is 1710 g/mol. The summed E-state index contributed by atoms with van der Waals surface area (Å²) in [6.45, 7) is 20.3. The Labute approximate surface area is 702 Å². The third-order valence-corrected chi connectivity index (χ3v) is 23.6. The van der Waals surface area contributed by atoms with Crippen LogP contribution in [-0.4, -0.2) is 196 Å². The third kappa shape index (κ3) is 26.0. The molecule has 120 heavy (non-hydrogen) atoms. The highest BCUT2D eigenvalue weighted by Gasteiger charge is 2.57. The summed E-state index contributed by atoms with van der Waals surface area (Å²) in [5.41, 5.74) is 4.22. The zero-order valence-electron chi connectivity index (χ0n) is 70.3. The van der Waals surface area contributed by atoms with E-state index in [1.165, 1.54) is 80.9 Å². The van der Waals surface area contributed by atoms with Gasteiger partial charge in [-0.2, -0.15) is 8.78 Å². The minimum Gasteiger partial charge on any atom is -0.491 e. The summed E-state index contributed by atoms with van der Waals surface area (Å²) >= 11 is 1.48. The number of aromatic nitrogens is 1. The molecule has 2 fully saturated rings. The van der Waals surface area contributed by atoms with Gasteiger partial charge in [-0.3, -0.25) is 61.7 Å². The molecule has 1 saturated carbocycles. The van der Waals surface area contributed by atoms with Gasteiger partial charge < -0.3 is 74.9 Å². The number of likely N-dealkylation sites (tertiary alicyclic amines) is 1. The van der Waals surface area contributed by atoms with Crippen LogP contribution in [0.4, 0.5) is 18.9 Å². The summed E-state index contributed by atoms with van der Waals surface area (Å²) in [7, 11) is -5.62. The first-order chi connectivity index (χ1) is 56.7. The highest BCUT2D eigenvalue weighted by Crippen LogP contribution is 2.67. The lowest BCUT2D eigenvalue weighted by Crippen LogP contribution is -2.59. The number of primary amides is 1. The molecule has 3 aliphatic heterocycles. The second-order valence-corrected chi connectivity index (χ2v) is 36.5. The summed E-state index contributed by atoms with van der Waals surface area (Å²) in [4.78, 5) is 129. The van der Waals surface area contributed by atoms with Crippen LogP contribution in [0.3, 0.4) is 0 Å². The molecule has 7 atom stereocenters. The molecule has 0 radical (unpaired) electrons. The van der Waals surface area contributed by atoms with Crippen molar-refractivity contribution in [2.24, 2.45) is 22.0 Å². The molecule has 4 heterocycles. The molecule has 0 bridgehead atoms. The Balaban J connectivity index is 0.667. The molecule has 7 N–H and O–H groups in total. The summed E-state index contributed by atoms with van der Waals surface area (Å²) < 4.78 is 117. The second kappa shape index (κ2) is 42.2. The van der Waals surface area contributed by atoms with Gasteiger partial charge in [0.15, 0.2) is 5.67 Å². The average molecular weight is 1720 g/mol. The lowest BCUT2D eigenvalue weighted by molar-refractivity contribution is -0.163. The van der Waals surface area contributed by atoms with E-state index >= 15 is 8.78 Å². The molecular formula is C86H114F3N8O21PS. The number of hydrogen-bond acceptors (Lipinski definition) is 23. The number of thiazole rings is 1. The number of rotatable bonds is 44. The van der Waals surface area contributed by atoms with E-state index in [0.717, 1.165) is 63.4 Å². The molecule has 34 heteroatoms. The second-order valence-electron chi connectivity index (χ2n) is 33.5. The normalized spacial score (nSPS) is 18.1. The number of aryl methyl sites for hydroxylation is 3. The number of allylic oxidation sites excluding steroid dienone is 1. The predicted molar refractivity (Wildman–Crippen MR) is 439 cm³/mol. The number of carbonyl (C=O) groups is 9. The lowest BCUT2D eigenvalue weighted by atomic mass is 9.85. The number of anilines is 1. The van der Waals surface area contributed by atoms with Gasteiger partial charge in [-0.1, -0.05) is 99.6 Å². The number of para-hydroxylation sites is 1. The highest BCUT2D eigenvalue weighted by atomic mass is 32.1. The van der Waals surface area contributed by atoms with Crippen LogP contribution in [0.15, 0.2) is 96.5 Å². The van der Waals surface area contributed by atoms with Gasteiger partial charge in [0.1, 0.15) is 36.5 Å². The van der Waals surface area contributed by atoms with Crippen LogP contribution < -0.4 is 36.6 Å². The molecule has 7 amide bonds. The molecule has 5 aromatic rings. The molecule has 1 aliphatic carbocycles. The van der Waals surface area contributed by atoms with Gasteiger partial charge in [-0.05, 0) is 158 Å². The molecule has 656 valence electrons. The van der Waals surface area contributed by atoms with Crippen LogP contribution in [0.1, 0.15) is 166 Å². The van der Waals surface area contributed by atoms with Gasteiger partial charge in [0.2, 0.25) is 49.0 Å². The topological polar surface area (TPSA) is 377 Å². The molecule has 1 aromatic heterocycles. The first-order valence-electron chi connectivity index (χ1n) is 40.3. The molecule has 9 rings (SSSR count). The fourth-order valence-corrected chi connectivity index (χ4v) is 15.6. The zero-order chi connectivity index (χ0) is 87.5. The van der Waals surface area contributed by atoms with E-state index in [9.17, 15) is 57.2 Å². The number of aliphatic hydroxyl groups excluding tert-OH is 1. The van der Waals surface area contributed by atoms with Crippen molar-refractivity contribution in [1.82, 2.24) is 31.2 Å². The number of benzene rings is 4. The smallest absolute Gasteiger partial charge is 0.410 e. The van der Waals surface area contributed by atoms with Gasteiger partial charge in [0.05, 0.1) is 104 Å². The maximum Gasteiger partial charge on any atom is 0.410 e. The summed E-state index contributed by atoms with van der Waals surface area (Å²) in [6, 6.07) is 18.4. The molecular weight excluding hydrogens is 1600 g/mol. The van der Waals surface area contributed by atoms with Crippen LogP contribution in [-0.2, 0) is 128 Å². The van der Waals surface area contributed by atoms with E-state index in [-0.39, 0.29) is 89.0 Å². The van der Waals surface area contributed by atoms with Crippen molar-refractivity contribution in [3.63, 3.8) is 0 Å². The first kappa shape index (κ1) is 94.8. The highest BCUT2D eigenvalue weighted by molar-refractivity contribution is 7.54. The molecule has 1 saturated heterocycles. The number of nitrogens with one attached hydrogen (secondary N) is 4. The quantitative estimate of drug-likeness (QED) is 0.00694. The van der Waals surface area contributed by atoms with Crippen molar-refractivity contribution in [3.05, 3.63) is 141 Å².